The van der Waals surface area contributed by atoms with Crippen LogP contribution in [0.5, 0.6) is 5.75 Å². The molecule has 0 spiro atoms. The molecule has 26 heavy (non-hydrogen) atoms. The van der Waals surface area contributed by atoms with Gasteiger partial charge in [0.15, 0.2) is 0 Å². The maximum atomic E-state index is 12.2. The Bertz CT molecular complexity index is 763. The highest BCUT2D eigenvalue weighted by Gasteiger charge is 2.19. The van der Waals surface area contributed by atoms with Crippen molar-refractivity contribution in [2.45, 2.75) is 20.4 Å². The SMILES string of the molecule is CC(C)COc1ccc(NC(=O)C(=O)N(C)Cc2ccccc2)cc1Cl. The van der Waals surface area contributed by atoms with Crippen LogP contribution < -0.4 is 10.1 Å². The molecule has 138 valence electrons. The minimum Gasteiger partial charge on any atom is -0.492 e. The number of hydrogen-bond donors (Lipinski definition) is 1. The van der Waals surface area contributed by atoms with E-state index in [1.807, 2.05) is 44.2 Å². The molecule has 0 bridgehead atoms. The number of amides is 2. The van der Waals surface area contributed by atoms with Crippen molar-refractivity contribution < 1.29 is 14.3 Å². The van der Waals surface area contributed by atoms with Gasteiger partial charge in [-0.1, -0.05) is 55.8 Å². The Morgan fingerprint density at radius 3 is 2.46 bits per heavy atom. The molecule has 0 radical (unpaired) electrons. The number of likely N-dealkylation sites (N-methyl/N-ethyl adjacent to an activating group) is 1. The summed E-state index contributed by atoms with van der Waals surface area (Å²) in [6.07, 6.45) is 0. The molecule has 5 nitrogen and oxygen atoms in total. The predicted octanol–water partition coefficient (Wildman–Crippen LogP) is 3.97. The molecule has 0 aliphatic carbocycles. The van der Waals surface area contributed by atoms with Crippen molar-refractivity contribution in [2.75, 3.05) is 19.0 Å². The Balaban J connectivity index is 1.95. The van der Waals surface area contributed by atoms with E-state index in [1.165, 1.54) is 4.90 Å². The summed E-state index contributed by atoms with van der Waals surface area (Å²) in [7, 11) is 1.59. The van der Waals surface area contributed by atoms with Crippen LogP contribution in [0.3, 0.4) is 0 Å². The van der Waals surface area contributed by atoms with Crippen molar-refractivity contribution in [3.8, 4) is 5.75 Å². The Morgan fingerprint density at radius 2 is 1.85 bits per heavy atom. The number of rotatable bonds is 6. The van der Waals surface area contributed by atoms with E-state index in [2.05, 4.69) is 5.32 Å². The Hall–Kier alpha value is -2.53. The highest BCUT2D eigenvalue weighted by molar-refractivity contribution is 6.39. The minimum atomic E-state index is -0.713. The molecule has 0 fully saturated rings. The zero-order valence-electron chi connectivity index (χ0n) is 15.2. The first-order valence-corrected chi connectivity index (χ1v) is 8.77. The van der Waals surface area contributed by atoms with Crippen LogP contribution in [-0.4, -0.2) is 30.4 Å². The maximum Gasteiger partial charge on any atom is 0.313 e. The number of nitrogens with zero attached hydrogens (tertiary/aromatic N) is 1. The highest BCUT2D eigenvalue weighted by atomic mass is 35.5. The van der Waals surface area contributed by atoms with Gasteiger partial charge in [0.2, 0.25) is 0 Å². The lowest BCUT2D eigenvalue weighted by Crippen LogP contribution is -2.36. The Morgan fingerprint density at radius 1 is 1.15 bits per heavy atom. The third kappa shape index (κ3) is 5.77. The molecular weight excluding hydrogens is 352 g/mol. The van der Waals surface area contributed by atoms with Crippen LogP contribution in [0.2, 0.25) is 5.02 Å². The Kier molecular flexibility index (Phi) is 7.04. The third-order valence-corrected chi connectivity index (χ3v) is 3.86. The van der Waals surface area contributed by atoms with Crippen LogP contribution in [0.1, 0.15) is 19.4 Å². The first kappa shape index (κ1) is 19.8. The Labute approximate surface area is 158 Å². The summed E-state index contributed by atoms with van der Waals surface area (Å²) in [4.78, 5) is 25.8. The lowest BCUT2D eigenvalue weighted by atomic mass is 10.2. The molecule has 2 aromatic carbocycles. The molecule has 2 amide bonds. The van der Waals surface area contributed by atoms with Gasteiger partial charge in [-0.15, -0.1) is 0 Å². The molecule has 1 N–H and O–H groups in total. The largest absolute Gasteiger partial charge is 0.492 e. The zero-order valence-corrected chi connectivity index (χ0v) is 15.9. The normalized spacial score (nSPS) is 10.5. The van der Waals surface area contributed by atoms with Crippen LogP contribution in [0.25, 0.3) is 0 Å². The number of carbonyl (C=O) groups excluding carboxylic acids is 2. The summed E-state index contributed by atoms with van der Waals surface area (Å²) in [5.74, 6) is -0.408. The number of anilines is 1. The first-order chi connectivity index (χ1) is 12.4. The van der Waals surface area contributed by atoms with E-state index >= 15 is 0 Å². The van der Waals surface area contributed by atoms with Crippen molar-refractivity contribution in [1.29, 1.82) is 0 Å². The van der Waals surface area contributed by atoms with E-state index in [9.17, 15) is 9.59 Å². The first-order valence-electron chi connectivity index (χ1n) is 8.39. The van der Waals surface area contributed by atoms with Gasteiger partial charge in [-0.05, 0) is 29.7 Å². The molecule has 2 rings (SSSR count). The summed E-state index contributed by atoms with van der Waals surface area (Å²) in [6, 6.07) is 14.4. The van der Waals surface area contributed by atoms with Gasteiger partial charge in [0.05, 0.1) is 11.6 Å². The summed E-state index contributed by atoms with van der Waals surface area (Å²) in [5, 5.41) is 2.95. The zero-order chi connectivity index (χ0) is 19.1. The molecule has 0 aliphatic heterocycles. The summed E-state index contributed by atoms with van der Waals surface area (Å²) in [6.45, 7) is 4.99. The third-order valence-electron chi connectivity index (χ3n) is 3.57. The summed E-state index contributed by atoms with van der Waals surface area (Å²) >= 11 is 6.17. The van der Waals surface area contributed by atoms with E-state index < -0.39 is 11.8 Å². The molecule has 0 saturated heterocycles. The van der Waals surface area contributed by atoms with Crippen LogP contribution in [0.4, 0.5) is 5.69 Å². The van der Waals surface area contributed by atoms with Gasteiger partial charge in [-0.25, -0.2) is 0 Å². The lowest BCUT2D eigenvalue weighted by molar-refractivity contribution is -0.142. The van der Waals surface area contributed by atoms with Gasteiger partial charge in [0.25, 0.3) is 0 Å². The summed E-state index contributed by atoms with van der Waals surface area (Å²) < 4.78 is 5.59. The van der Waals surface area contributed by atoms with Gasteiger partial charge in [0, 0.05) is 19.3 Å². The van der Waals surface area contributed by atoms with E-state index in [-0.39, 0.29) is 0 Å². The quantitative estimate of drug-likeness (QED) is 0.778. The van der Waals surface area contributed by atoms with E-state index in [0.29, 0.717) is 35.5 Å². The fourth-order valence-electron chi connectivity index (χ4n) is 2.24. The minimum absolute atomic E-state index is 0.357. The molecule has 0 atom stereocenters. The summed E-state index contributed by atoms with van der Waals surface area (Å²) in [5.41, 5.74) is 1.39. The van der Waals surface area contributed by atoms with E-state index in [1.54, 1.807) is 25.2 Å². The average molecular weight is 375 g/mol. The van der Waals surface area contributed by atoms with E-state index in [0.717, 1.165) is 5.56 Å². The van der Waals surface area contributed by atoms with Gasteiger partial charge in [-0.3, -0.25) is 9.59 Å². The van der Waals surface area contributed by atoms with Crippen molar-refractivity contribution in [2.24, 2.45) is 5.92 Å². The van der Waals surface area contributed by atoms with Gasteiger partial charge >= 0.3 is 11.8 Å². The molecular formula is C20H23ClN2O3. The second kappa shape index (κ2) is 9.25. The number of carbonyl (C=O) groups is 2. The van der Waals surface area contributed by atoms with Gasteiger partial charge < -0.3 is 15.0 Å². The monoisotopic (exact) mass is 374 g/mol. The van der Waals surface area contributed by atoms with Crippen LogP contribution in [0.15, 0.2) is 48.5 Å². The number of nitrogens with one attached hydrogen (secondary N) is 1. The number of hydrogen-bond acceptors (Lipinski definition) is 3. The number of ether oxygens (including phenoxy) is 1. The highest BCUT2D eigenvalue weighted by Crippen LogP contribution is 2.28. The second-order valence-electron chi connectivity index (χ2n) is 6.45. The molecule has 0 saturated carbocycles. The fraction of sp³-hybridized carbons (Fsp3) is 0.300. The molecule has 0 heterocycles. The number of benzene rings is 2. The molecule has 2 aromatic rings. The van der Waals surface area contributed by atoms with Crippen molar-refractivity contribution in [3.05, 3.63) is 59.1 Å². The molecule has 0 aliphatic rings. The average Bonchev–Trinajstić information content (AvgIpc) is 2.61. The van der Waals surface area contributed by atoms with Crippen LogP contribution >= 0.6 is 11.6 Å². The fourth-order valence-corrected chi connectivity index (χ4v) is 2.47. The molecule has 0 unspecified atom stereocenters. The van der Waals surface area contributed by atoms with Crippen molar-refractivity contribution >= 4 is 29.1 Å². The molecule has 6 heteroatoms. The van der Waals surface area contributed by atoms with Gasteiger partial charge in [-0.2, -0.15) is 0 Å². The predicted molar refractivity (Wildman–Crippen MR) is 103 cm³/mol. The lowest BCUT2D eigenvalue weighted by Gasteiger charge is -2.17. The van der Waals surface area contributed by atoms with E-state index in [4.69, 9.17) is 16.3 Å². The standard InChI is InChI=1S/C20H23ClN2O3/c1-14(2)13-26-18-10-9-16(11-17(18)21)22-19(24)20(25)23(3)12-15-7-5-4-6-8-15/h4-11,14H,12-13H2,1-3H3,(H,22,24). The molecule has 0 aromatic heterocycles. The number of halogens is 1. The topological polar surface area (TPSA) is 58.6 Å². The van der Waals surface area contributed by atoms with Gasteiger partial charge in [0.1, 0.15) is 5.75 Å². The smallest absolute Gasteiger partial charge is 0.313 e. The van der Waals surface area contributed by atoms with Crippen LogP contribution in [-0.2, 0) is 16.1 Å². The van der Waals surface area contributed by atoms with Crippen molar-refractivity contribution in [1.82, 2.24) is 4.90 Å². The van der Waals surface area contributed by atoms with Crippen LogP contribution in [0, 0.1) is 5.92 Å². The van der Waals surface area contributed by atoms with Crippen molar-refractivity contribution in [3.63, 3.8) is 0 Å². The maximum absolute atomic E-state index is 12.2. The second-order valence-corrected chi connectivity index (χ2v) is 6.86.